The van der Waals surface area contributed by atoms with Crippen LogP contribution in [0.25, 0.3) is 0 Å². The maximum Gasteiger partial charge on any atom is 0.0785 e. The first-order valence-electron chi connectivity index (χ1n) is 5.20. The molecule has 0 saturated heterocycles. The number of ether oxygens (including phenoxy) is 1. The maximum absolute atomic E-state index is 5.96. The van der Waals surface area contributed by atoms with Gasteiger partial charge in [-0.2, -0.15) is 0 Å². The quantitative estimate of drug-likeness (QED) is 0.565. The molecule has 1 heterocycles. The van der Waals surface area contributed by atoms with Gasteiger partial charge in [0.1, 0.15) is 0 Å². The number of hydrogen-bond acceptors (Lipinski definition) is 1. The SMILES string of the molecule is CC1=CC(C(C)C)OC(C)C1(C)C. The predicted molar refractivity (Wildman–Crippen MR) is 56.7 cm³/mol. The molecule has 2 atom stereocenters. The van der Waals surface area contributed by atoms with E-state index in [1.165, 1.54) is 5.57 Å². The highest BCUT2D eigenvalue weighted by Gasteiger charge is 2.35. The summed E-state index contributed by atoms with van der Waals surface area (Å²) in [5.74, 6) is 0.577. The Hall–Kier alpha value is -0.300. The summed E-state index contributed by atoms with van der Waals surface area (Å²) in [6.07, 6.45) is 2.91. The average molecular weight is 182 g/mol. The van der Waals surface area contributed by atoms with Crippen LogP contribution in [0.5, 0.6) is 0 Å². The minimum absolute atomic E-state index is 0.200. The molecule has 0 aromatic heterocycles. The average Bonchev–Trinajstić information content (AvgIpc) is 2.00. The summed E-state index contributed by atoms with van der Waals surface area (Å²) in [5.41, 5.74) is 1.66. The van der Waals surface area contributed by atoms with Gasteiger partial charge in [0.2, 0.25) is 0 Å². The Morgan fingerprint density at radius 3 is 2.31 bits per heavy atom. The topological polar surface area (TPSA) is 9.23 Å². The third kappa shape index (κ3) is 1.96. The van der Waals surface area contributed by atoms with Crippen LogP contribution in [0.15, 0.2) is 11.6 Å². The molecule has 1 heteroatoms. The monoisotopic (exact) mass is 182 g/mol. The lowest BCUT2D eigenvalue weighted by atomic mass is 9.77. The van der Waals surface area contributed by atoms with Crippen LogP contribution in [0.3, 0.4) is 0 Å². The van der Waals surface area contributed by atoms with E-state index in [1.807, 2.05) is 0 Å². The first-order chi connectivity index (χ1) is 5.85. The van der Waals surface area contributed by atoms with E-state index >= 15 is 0 Å². The minimum atomic E-state index is 0.200. The summed E-state index contributed by atoms with van der Waals surface area (Å²) >= 11 is 0. The molecule has 0 fully saturated rings. The molecule has 1 rings (SSSR count). The van der Waals surface area contributed by atoms with Gasteiger partial charge in [-0.25, -0.2) is 0 Å². The Kier molecular flexibility index (Phi) is 2.86. The molecule has 0 aromatic carbocycles. The molecule has 2 unspecified atom stereocenters. The molecule has 0 N–H and O–H groups in total. The fraction of sp³-hybridized carbons (Fsp3) is 0.833. The van der Waals surface area contributed by atoms with Gasteiger partial charge in [0.05, 0.1) is 12.2 Å². The van der Waals surface area contributed by atoms with Crippen LogP contribution in [0, 0.1) is 11.3 Å². The van der Waals surface area contributed by atoms with E-state index in [0.717, 1.165) is 0 Å². The van der Waals surface area contributed by atoms with Gasteiger partial charge < -0.3 is 4.74 Å². The molecule has 1 aliphatic heterocycles. The first kappa shape index (κ1) is 10.8. The van der Waals surface area contributed by atoms with E-state index in [4.69, 9.17) is 4.74 Å². The summed E-state index contributed by atoms with van der Waals surface area (Å²) in [7, 11) is 0. The van der Waals surface area contributed by atoms with Crippen molar-refractivity contribution < 1.29 is 4.74 Å². The van der Waals surface area contributed by atoms with Gasteiger partial charge in [-0.1, -0.05) is 39.3 Å². The highest BCUT2D eigenvalue weighted by molar-refractivity contribution is 5.17. The third-order valence-corrected chi connectivity index (χ3v) is 3.47. The molecule has 0 amide bonds. The van der Waals surface area contributed by atoms with Crippen LogP contribution in [0.2, 0.25) is 0 Å². The van der Waals surface area contributed by atoms with Crippen LogP contribution in [0.1, 0.15) is 41.5 Å². The van der Waals surface area contributed by atoms with Crippen LogP contribution < -0.4 is 0 Å². The number of rotatable bonds is 1. The van der Waals surface area contributed by atoms with Gasteiger partial charge in [-0.05, 0) is 19.8 Å². The Morgan fingerprint density at radius 1 is 1.38 bits per heavy atom. The molecule has 0 aromatic rings. The van der Waals surface area contributed by atoms with Crippen molar-refractivity contribution in [1.82, 2.24) is 0 Å². The van der Waals surface area contributed by atoms with E-state index in [-0.39, 0.29) is 5.41 Å². The lowest BCUT2D eigenvalue weighted by Gasteiger charge is -2.41. The van der Waals surface area contributed by atoms with Crippen molar-refractivity contribution >= 4 is 0 Å². The summed E-state index contributed by atoms with van der Waals surface area (Å²) in [5, 5.41) is 0. The van der Waals surface area contributed by atoms with Crippen LogP contribution in [-0.4, -0.2) is 12.2 Å². The smallest absolute Gasteiger partial charge is 0.0785 e. The Morgan fingerprint density at radius 2 is 1.92 bits per heavy atom. The second kappa shape index (κ2) is 3.45. The van der Waals surface area contributed by atoms with Gasteiger partial charge in [0.15, 0.2) is 0 Å². The van der Waals surface area contributed by atoms with Crippen molar-refractivity contribution in [1.29, 1.82) is 0 Å². The molecule has 0 saturated carbocycles. The van der Waals surface area contributed by atoms with Gasteiger partial charge in [0.25, 0.3) is 0 Å². The highest BCUT2D eigenvalue weighted by atomic mass is 16.5. The Bertz CT molecular complexity index is 213. The van der Waals surface area contributed by atoms with Crippen molar-refractivity contribution in [2.45, 2.75) is 53.8 Å². The van der Waals surface area contributed by atoms with E-state index in [0.29, 0.717) is 18.1 Å². The van der Waals surface area contributed by atoms with E-state index < -0.39 is 0 Å². The van der Waals surface area contributed by atoms with Gasteiger partial charge in [0, 0.05) is 5.41 Å². The maximum atomic E-state index is 5.96. The van der Waals surface area contributed by atoms with Gasteiger partial charge in [-0.3, -0.25) is 0 Å². The zero-order valence-electron chi connectivity index (χ0n) is 9.72. The summed E-state index contributed by atoms with van der Waals surface area (Å²) < 4.78 is 5.96. The second-order valence-corrected chi connectivity index (χ2v) is 5.06. The third-order valence-electron chi connectivity index (χ3n) is 3.47. The van der Waals surface area contributed by atoms with Crippen molar-refractivity contribution in [2.75, 3.05) is 0 Å². The van der Waals surface area contributed by atoms with Gasteiger partial charge >= 0.3 is 0 Å². The van der Waals surface area contributed by atoms with Crippen molar-refractivity contribution in [2.24, 2.45) is 11.3 Å². The van der Waals surface area contributed by atoms with E-state index in [2.05, 4.69) is 47.6 Å². The summed E-state index contributed by atoms with van der Waals surface area (Å²) in [6, 6.07) is 0. The Balaban J connectivity index is 2.88. The van der Waals surface area contributed by atoms with E-state index in [9.17, 15) is 0 Å². The largest absolute Gasteiger partial charge is 0.370 e. The molecule has 1 aliphatic rings. The normalized spacial score (nSPS) is 33.3. The molecule has 13 heavy (non-hydrogen) atoms. The minimum Gasteiger partial charge on any atom is -0.370 e. The van der Waals surface area contributed by atoms with Crippen LogP contribution in [-0.2, 0) is 4.74 Å². The van der Waals surface area contributed by atoms with E-state index in [1.54, 1.807) is 0 Å². The first-order valence-corrected chi connectivity index (χ1v) is 5.20. The van der Waals surface area contributed by atoms with Crippen LogP contribution in [0.4, 0.5) is 0 Å². The molecule has 0 radical (unpaired) electrons. The molecule has 76 valence electrons. The highest BCUT2D eigenvalue weighted by Crippen LogP contribution is 2.37. The molecule has 0 spiro atoms. The second-order valence-electron chi connectivity index (χ2n) is 5.06. The standard InChI is InChI=1S/C12H22O/c1-8(2)11-7-9(3)12(5,6)10(4)13-11/h7-8,10-11H,1-6H3. The van der Waals surface area contributed by atoms with Crippen LogP contribution >= 0.6 is 0 Å². The molecular weight excluding hydrogens is 160 g/mol. The van der Waals surface area contributed by atoms with Crippen molar-refractivity contribution in [3.63, 3.8) is 0 Å². The lowest BCUT2D eigenvalue weighted by Crippen LogP contribution is -2.39. The van der Waals surface area contributed by atoms with Crippen molar-refractivity contribution in [3.05, 3.63) is 11.6 Å². The Labute approximate surface area is 82.2 Å². The number of hydrogen-bond donors (Lipinski definition) is 0. The summed E-state index contributed by atoms with van der Waals surface area (Å²) in [4.78, 5) is 0. The lowest BCUT2D eigenvalue weighted by molar-refractivity contribution is -0.0608. The molecule has 1 nitrogen and oxygen atoms in total. The fourth-order valence-electron chi connectivity index (χ4n) is 1.58. The zero-order valence-corrected chi connectivity index (χ0v) is 9.72. The predicted octanol–water partition coefficient (Wildman–Crippen LogP) is 3.40. The van der Waals surface area contributed by atoms with Crippen molar-refractivity contribution in [3.8, 4) is 0 Å². The van der Waals surface area contributed by atoms with Gasteiger partial charge in [-0.15, -0.1) is 0 Å². The fourth-order valence-corrected chi connectivity index (χ4v) is 1.58. The molecular formula is C12H22O. The zero-order chi connectivity index (χ0) is 10.2. The molecule has 0 aliphatic carbocycles. The molecule has 0 bridgehead atoms. The summed E-state index contributed by atoms with van der Waals surface area (Å²) in [6.45, 7) is 13.3.